The molecule has 2 aromatic carbocycles. The van der Waals surface area contributed by atoms with E-state index in [0.29, 0.717) is 11.1 Å². The molecular formula is C20H18N2O2. The monoisotopic (exact) mass is 318 g/mol. The minimum Gasteiger partial charge on any atom is -0.371 e. The molecule has 0 bridgehead atoms. The highest BCUT2D eigenvalue weighted by Gasteiger charge is 2.37. The quantitative estimate of drug-likeness (QED) is 0.758. The van der Waals surface area contributed by atoms with Gasteiger partial charge in [0.05, 0.1) is 16.8 Å². The maximum Gasteiger partial charge on any atom is 0.266 e. The van der Waals surface area contributed by atoms with Crippen molar-refractivity contribution in [3.05, 3.63) is 58.7 Å². The number of hydrogen-bond donors (Lipinski definition) is 0. The van der Waals surface area contributed by atoms with Gasteiger partial charge in [-0.25, -0.2) is 4.90 Å². The summed E-state index contributed by atoms with van der Waals surface area (Å²) in [7, 11) is 0. The molecular weight excluding hydrogens is 300 g/mol. The summed E-state index contributed by atoms with van der Waals surface area (Å²) in [6.45, 7) is 2.23. The van der Waals surface area contributed by atoms with Crippen LogP contribution in [-0.2, 0) is 12.8 Å². The van der Waals surface area contributed by atoms with Crippen LogP contribution in [0, 0.1) is 0 Å². The molecule has 3 heterocycles. The van der Waals surface area contributed by atoms with Gasteiger partial charge in [-0.15, -0.1) is 0 Å². The first-order valence-electron chi connectivity index (χ1n) is 8.62. The van der Waals surface area contributed by atoms with Crippen LogP contribution in [0.3, 0.4) is 0 Å². The molecule has 0 aliphatic carbocycles. The molecule has 120 valence electrons. The first-order valence-corrected chi connectivity index (χ1v) is 8.62. The lowest BCUT2D eigenvalue weighted by molar-refractivity contribution is 0.0926. The molecule has 24 heavy (non-hydrogen) atoms. The van der Waals surface area contributed by atoms with E-state index in [4.69, 9.17) is 0 Å². The molecule has 3 aliphatic heterocycles. The predicted octanol–water partition coefficient (Wildman–Crippen LogP) is 3.19. The Kier molecular flexibility index (Phi) is 2.84. The van der Waals surface area contributed by atoms with Crippen molar-refractivity contribution in [2.45, 2.75) is 25.7 Å². The zero-order chi connectivity index (χ0) is 16.3. The van der Waals surface area contributed by atoms with Crippen LogP contribution >= 0.6 is 0 Å². The molecule has 0 spiro atoms. The van der Waals surface area contributed by atoms with Gasteiger partial charge in [-0.05, 0) is 61.1 Å². The van der Waals surface area contributed by atoms with Gasteiger partial charge < -0.3 is 4.90 Å². The Morgan fingerprint density at radius 3 is 1.88 bits per heavy atom. The number of rotatable bonds is 1. The Labute approximate surface area is 140 Å². The number of benzene rings is 2. The van der Waals surface area contributed by atoms with E-state index in [0.717, 1.165) is 44.5 Å². The van der Waals surface area contributed by atoms with Gasteiger partial charge in [0.25, 0.3) is 11.8 Å². The molecule has 4 heteroatoms. The number of imide groups is 1. The van der Waals surface area contributed by atoms with E-state index in [9.17, 15) is 9.59 Å². The largest absolute Gasteiger partial charge is 0.371 e. The average molecular weight is 318 g/mol. The minimum absolute atomic E-state index is 0.203. The second-order valence-corrected chi connectivity index (χ2v) is 6.80. The van der Waals surface area contributed by atoms with Gasteiger partial charge in [-0.2, -0.15) is 0 Å². The zero-order valence-electron chi connectivity index (χ0n) is 13.4. The molecule has 2 aromatic rings. The Balaban J connectivity index is 1.64. The lowest BCUT2D eigenvalue weighted by Crippen LogP contribution is -2.35. The van der Waals surface area contributed by atoms with Crippen molar-refractivity contribution in [1.82, 2.24) is 0 Å². The SMILES string of the molecule is O=C1c2ccccc2C(=O)N1c1cc2c3c(c1)CCCN3CCC2. The molecule has 0 fully saturated rings. The molecule has 0 unspecified atom stereocenters. The maximum atomic E-state index is 12.7. The third-order valence-electron chi connectivity index (χ3n) is 5.37. The Morgan fingerprint density at radius 1 is 0.792 bits per heavy atom. The maximum absolute atomic E-state index is 12.7. The van der Waals surface area contributed by atoms with Crippen molar-refractivity contribution in [1.29, 1.82) is 0 Å². The number of amides is 2. The summed E-state index contributed by atoms with van der Waals surface area (Å²) in [6.07, 6.45) is 4.32. The van der Waals surface area contributed by atoms with Crippen molar-refractivity contribution in [3.8, 4) is 0 Å². The molecule has 0 saturated heterocycles. The van der Waals surface area contributed by atoms with Gasteiger partial charge in [-0.1, -0.05) is 12.1 Å². The van der Waals surface area contributed by atoms with Crippen LogP contribution in [-0.4, -0.2) is 24.9 Å². The topological polar surface area (TPSA) is 40.6 Å². The summed E-state index contributed by atoms with van der Waals surface area (Å²) >= 11 is 0. The Bertz CT molecular complexity index is 821. The van der Waals surface area contributed by atoms with Crippen LogP contribution in [0.4, 0.5) is 11.4 Å². The first-order chi connectivity index (χ1) is 11.7. The third-order valence-corrected chi connectivity index (χ3v) is 5.37. The molecule has 5 rings (SSSR count). The van der Waals surface area contributed by atoms with E-state index >= 15 is 0 Å². The molecule has 0 N–H and O–H groups in total. The van der Waals surface area contributed by atoms with Gasteiger partial charge in [0.1, 0.15) is 0 Å². The number of hydrogen-bond acceptors (Lipinski definition) is 3. The number of nitrogens with zero attached hydrogens (tertiary/aromatic N) is 2. The van der Waals surface area contributed by atoms with Crippen molar-refractivity contribution < 1.29 is 9.59 Å². The van der Waals surface area contributed by atoms with Gasteiger partial charge in [0.2, 0.25) is 0 Å². The molecule has 0 saturated carbocycles. The summed E-state index contributed by atoms with van der Waals surface area (Å²) in [5.74, 6) is -0.405. The minimum atomic E-state index is -0.203. The van der Waals surface area contributed by atoms with Crippen molar-refractivity contribution >= 4 is 23.2 Å². The Morgan fingerprint density at radius 2 is 1.33 bits per heavy atom. The highest BCUT2D eigenvalue weighted by atomic mass is 16.2. The van der Waals surface area contributed by atoms with Crippen LogP contribution in [0.5, 0.6) is 0 Å². The van der Waals surface area contributed by atoms with E-state index in [1.807, 2.05) is 12.1 Å². The van der Waals surface area contributed by atoms with E-state index < -0.39 is 0 Å². The standard InChI is InChI=1S/C20H18N2O2/c23-19-16-7-1-2-8-17(16)20(24)22(19)15-11-13-5-3-9-21-10-4-6-14(12-15)18(13)21/h1-2,7-8,11-12H,3-6,9-10H2. The number of carbonyl (C=O) groups is 2. The van der Waals surface area contributed by atoms with Gasteiger partial charge >= 0.3 is 0 Å². The first kappa shape index (κ1) is 13.8. The van der Waals surface area contributed by atoms with Crippen molar-refractivity contribution in [3.63, 3.8) is 0 Å². The smallest absolute Gasteiger partial charge is 0.266 e. The summed E-state index contributed by atoms with van der Waals surface area (Å²) < 4.78 is 0. The molecule has 3 aliphatic rings. The van der Waals surface area contributed by atoms with Crippen LogP contribution < -0.4 is 9.80 Å². The van der Waals surface area contributed by atoms with E-state index in [1.54, 1.807) is 12.1 Å². The lowest BCUT2D eigenvalue weighted by Gasteiger charge is -2.37. The molecule has 0 atom stereocenters. The van der Waals surface area contributed by atoms with Crippen LogP contribution in [0.25, 0.3) is 0 Å². The highest BCUT2D eigenvalue weighted by molar-refractivity contribution is 6.34. The van der Waals surface area contributed by atoms with Crippen LogP contribution in [0.2, 0.25) is 0 Å². The zero-order valence-corrected chi connectivity index (χ0v) is 13.4. The number of anilines is 2. The van der Waals surface area contributed by atoms with Crippen LogP contribution in [0.1, 0.15) is 44.7 Å². The fourth-order valence-electron chi connectivity index (χ4n) is 4.34. The molecule has 0 radical (unpaired) electrons. The van der Waals surface area contributed by atoms with Crippen molar-refractivity contribution in [2.24, 2.45) is 0 Å². The van der Waals surface area contributed by atoms with E-state index in [-0.39, 0.29) is 11.8 Å². The number of fused-ring (bicyclic) bond motifs is 1. The third kappa shape index (κ3) is 1.80. The van der Waals surface area contributed by atoms with Crippen molar-refractivity contribution in [2.75, 3.05) is 22.9 Å². The van der Waals surface area contributed by atoms with E-state index in [2.05, 4.69) is 17.0 Å². The van der Waals surface area contributed by atoms with Crippen LogP contribution in [0.15, 0.2) is 36.4 Å². The second-order valence-electron chi connectivity index (χ2n) is 6.80. The molecule has 2 amide bonds. The fraction of sp³-hybridized carbons (Fsp3) is 0.300. The van der Waals surface area contributed by atoms with E-state index in [1.165, 1.54) is 21.7 Å². The predicted molar refractivity (Wildman–Crippen MR) is 92.9 cm³/mol. The number of carbonyl (C=O) groups excluding carboxylic acids is 2. The lowest BCUT2D eigenvalue weighted by atomic mass is 9.91. The van der Waals surface area contributed by atoms with Gasteiger partial charge in [0.15, 0.2) is 0 Å². The summed E-state index contributed by atoms with van der Waals surface area (Å²) in [6, 6.07) is 11.2. The fourth-order valence-corrected chi connectivity index (χ4v) is 4.34. The summed E-state index contributed by atoms with van der Waals surface area (Å²) in [5, 5.41) is 0. The number of aryl methyl sites for hydroxylation is 2. The van der Waals surface area contributed by atoms with Gasteiger partial charge in [-0.3, -0.25) is 9.59 Å². The molecule has 4 nitrogen and oxygen atoms in total. The summed E-state index contributed by atoms with van der Waals surface area (Å²) in [4.78, 5) is 29.3. The second kappa shape index (κ2) is 4.94. The highest BCUT2D eigenvalue weighted by Crippen LogP contribution is 2.39. The molecule has 0 aromatic heterocycles. The normalized spacial score (nSPS) is 18.7. The Hall–Kier alpha value is -2.62. The summed E-state index contributed by atoms with van der Waals surface area (Å²) in [5.41, 5.74) is 5.67. The average Bonchev–Trinajstić information content (AvgIpc) is 2.87. The van der Waals surface area contributed by atoms with Gasteiger partial charge in [0, 0.05) is 18.8 Å².